The molecule has 11 heteroatoms. The van der Waals surface area contributed by atoms with Crippen LogP contribution in [0.2, 0.25) is 0 Å². The average molecular weight is 825 g/mol. The van der Waals surface area contributed by atoms with E-state index in [1.807, 2.05) is 0 Å². The summed E-state index contributed by atoms with van der Waals surface area (Å²) >= 11 is 0. The molecule has 0 rings (SSSR count). The lowest BCUT2D eigenvalue weighted by atomic mass is 10.1. The molecule has 57 heavy (non-hydrogen) atoms. The number of unbranched alkanes of at least 4 members (excludes halogenated alkanes) is 17. The van der Waals surface area contributed by atoms with Crippen molar-refractivity contribution in [2.24, 2.45) is 0 Å². The van der Waals surface area contributed by atoms with E-state index in [1.165, 1.54) is 77.0 Å². The fourth-order valence-electron chi connectivity index (χ4n) is 5.68. The van der Waals surface area contributed by atoms with Gasteiger partial charge in [0.2, 0.25) is 0 Å². The van der Waals surface area contributed by atoms with Crippen LogP contribution < -0.4 is 0 Å². The van der Waals surface area contributed by atoms with E-state index in [0.29, 0.717) is 12.8 Å². The van der Waals surface area contributed by atoms with Gasteiger partial charge in [-0.25, -0.2) is 4.57 Å². The van der Waals surface area contributed by atoms with Crippen LogP contribution in [0.15, 0.2) is 60.8 Å². The van der Waals surface area contributed by atoms with E-state index >= 15 is 0 Å². The molecule has 0 spiro atoms. The third-order valence-electron chi connectivity index (χ3n) is 9.14. The molecule has 0 aromatic carbocycles. The number of hydrogen-bond acceptors (Lipinski definition) is 9. The van der Waals surface area contributed by atoms with Crippen LogP contribution in [0.25, 0.3) is 0 Å². The molecule has 0 saturated heterocycles. The van der Waals surface area contributed by atoms with E-state index in [2.05, 4.69) is 79.1 Å². The molecule has 0 saturated carbocycles. The summed E-state index contributed by atoms with van der Waals surface area (Å²) in [7, 11) is -4.63. The van der Waals surface area contributed by atoms with E-state index < -0.39 is 51.8 Å². The van der Waals surface area contributed by atoms with Crippen molar-refractivity contribution < 1.29 is 47.8 Å². The molecule has 0 aliphatic carbocycles. The van der Waals surface area contributed by atoms with Gasteiger partial charge in [-0.15, -0.1) is 0 Å². The zero-order valence-corrected chi connectivity index (χ0v) is 36.7. The van der Waals surface area contributed by atoms with Gasteiger partial charge in [-0.2, -0.15) is 0 Å². The Hall–Kier alpha value is -2.33. The number of hydrogen-bond donors (Lipinski definition) is 3. The van der Waals surface area contributed by atoms with Gasteiger partial charge in [0.1, 0.15) is 12.7 Å². The molecule has 330 valence electrons. The van der Waals surface area contributed by atoms with Gasteiger partial charge in [0.05, 0.1) is 19.8 Å². The maximum absolute atomic E-state index is 12.6. The van der Waals surface area contributed by atoms with E-state index in [0.717, 1.165) is 64.2 Å². The summed E-state index contributed by atoms with van der Waals surface area (Å²) < 4.78 is 32.7. The van der Waals surface area contributed by atoms with E-state index in [9.17, 15) is 24.2 Å². The van der Waals surface area contributed by atoms with Gasteiger partial charge >= 0.3 is 19.8 Å². The van der Waals surface area contributed by atoms with Gasteiger partial charge in [-0.3, -0.25) is 18.6 Å². The third kappa shape index (κ3) is 41.6. The summed E-state index contributed by atoms with van der Waals surface area (Å²) in [6, 6.07) is 0. The molecular formula is C46H81O10P. The SMILES string of the molecule is CCCCC/C=C/C/C=C/C/C=C/C/C=C/CCCCCC(=O)O[C@H](COC(=O)CCCCC/C=C/CCCCCCCCCC)COP(=O)(O)OC[C@@H](O)CO. The molecule has 1 unspecified atom stereocenters. The lowest BCUT2D eigenvalue weighted by Crippen LogP contribution is -2.29. The minimum absolute atomic E-state index is 0.141. The van der Waals surface area contributed by atoms with Gasteiger partial charge in [0, 0.05) is 12.8 Å². The van der Waals surface area contributed by atoms with Crippen LogP contribution in [0.5, 0.6) is 0 Å². The number of carbonyl (C=O) groups is 2. The molecule has 0 heterocycles. The molecule has 0 aliphatic heterocycles. The maximum Gasteiger partial charge on any atom is 0.472 e. The number of aliphatic hydroxyl groups is 2. The Kier molecular flexibility index (Phi) is 40.1. The summed E-state index contributed by atoms with van der Waals surface area (Å²) in [5.74, 6) is -0.982. The second-order valence-corrected chi connectivity index (χ2v) is 16.2. The van der Waals surface area contributed by atoms with E-state index in [4.69, 9.17) is 19.1 Å². The number of aliphatic hydroxyl groups excluding tert-OH is 2. The first-order valence-corrected chi connectivity index (χ1v) is 23.7. The number of phosphoric ester groups is 1. The number of phosphoric acid groups is 1. The van der Waals surface area contributed by atoms with Crippen molar-refractivity contribution in [2.75, 3.05) is 26.4 Å². The summed E-state index contributed by atoms with van der Waals surface area (Å²) in [5, 5.41) is 18.3. The molecule has 0 aromatic rings. The fraction of sp³-hybridized carbons (Fsp3) is 0.739. The quantitative estimate of drug-likeness (QED) is 0.0235. The molecule has 3 atom stereocenters. The van der Waals surface area contributed by atoms with Crippen LogP contribution in [0.3, 0.4) is 0 Å². The van der Waals surface area contributed by atoms with Gasteiger partial charge in [0.25, 0.3) is 0 Å². The first-order chi connectivity index (χ1) is 27.7. The highest BCUT2D eigenvalue weighted by molar-refractivity contribution is 7.47. The third-order valence-corrected chi connectivity index (χ3v) is 10.1. The highest BCUT2D eigenvalue weighted by Crippen LogP contribution is 2.43. The zero-order chi connectivity index (χ0) is 41.9. The van der Waals surface area contributed by atoms with Crippen LogP contribution >= 0.6 is 7.82 Å². The Labute approximate surface area is 346 Å². The molecular weight excluding hydrogens is 743 g/mol. The number of rotatable bonds is 41. The van der Waals surface area contributed by atoms with Gasteiger partial charge in [0.15, 0.2) is 6.10 Å². The Morgan fingerprint density at radius 1 is 0.526 bits per heavy atom. The summed E-state index contributed by atoms with van der Waals surface area (Å²) in [6.45, 7) is 2.29. The highest BCUT2D eigenvalue weighted by atomic mass is 31.2. The lowest BCUT2D eigenvalue weighted by Gasteiger charge is -2.20. The Balaban J connectivity index is 4.38. The van der Waals surface area contributed by atoms with Crippen molar-refractivity contribution in [3.63, 3.8) is 0 Å². The number of esters is 2. The average Bonchev–Trinajstić information content (AvgIpc) is 3.20. The molecule has 0 bridgehead atoms. The van der Waals surface area contributed by atoms with E-state index in [-0.39, 0.29) is 19.4 Å². The van der Waals surface area contributed by atoms with Crippen LogP contribution in [0.4, 0.5) is 0 Å². The van der Waals surface area contributed by atoms with Crippen LogP contribution in [-0.2, 0) is 32.7 Å². The first-order valence-electron chi connectivity index (χ1n) is 22.2. The molecule has 0 aliphatic rings. The largest absolute Gasteiger partial charge is 0.472 e. The van der Waals surface area contributed by atoms with Crippen LogP contribution in [-0.4, -0.2) is 65.7 Å². The summed E-state index contributed by atoms with van der Waals surface area (Å²) in [5.41, 5.74) is 0. The highest BCUT2D eigenvalue weighted by Gasteiger charge is 2.27. The van der Waals surface area contributed by atoms with Crippen LogP contribution in [0, 0.1) is 0 Å². The second-order valence-electron chi connectivity index (χ2n) is 14.7. The van der Waals surface area contributed by atoms with Crippen molar-refractivity contribution in [1.82, 2.24) is 0 Å². The number of allylic oxidation sites excluding steroid dienone is 10. The second kappa shape index (κ2) is 41.8. The number of carbonyl (C=O) groups excluding carboxylic acids is 2. The molecule has 0 amide bonds. The zero-order valence-electron chi connectivity index (χ0n) is 35.8. The van der Waals surface area contributed by atoms with Crippen molar-refractivity contribution in [1.29, 1.82) is 0 Å². The van der Waals surface area contributed by atoms with Gasteiger partial charge in [-0.1, -0.05) is 145 Å². The topological polar surface area (TPSA) is 149 Å². The molecule has 0 fully saturated rings. The van der Waals surface area contributed by atoms with Gasteiger partial charge in [-0.05, 0) is 83.5 Å². The van der Waals surface area contributed by atoms with Gasteiger partial charge < -0.3 is 24.6 Å². The smallest absolute Gasteiger partial charge is 0.462 e. The normalized spacial score (nSPS) is 14.4. The van der Waals surface area contributed by atoms with E-state index in [1.54, 1.807) is 0 Å². The maximum atomic E-state index is 12.6. The fourth-order valence-corrected chi connectivity index (χ4v) is 6.47. The molecule has 0 radical (unpaired) electrons. The monoisotopic (exact) mass is 825 g/mol. The Morgan fingerprint density at radius 3 is 1.42 bits per heavy atom. The van der Waals surface area contributed by atoms with Crippen molar-refractivity contribution in [3.05, 3.63) is 60.8 Å². The predicted octanol–water partition coefficient (Wildman–Crippen LogP) is 11.9. The predicted molar refractivity (Wildman–Crippen MR) is 233 cm³/mol. The Bertz CT molecular complexity index is 1130. The lowest BCUT2D eigenvalue weighted by molar-refractivity contribution is -0.161. The van der Waals surface area contributed by atoms with Crippen LogP contribution in [0.1, 0.15) is 181 Å². The molecule has 10 nitrogen and oxygen atoms in total. The number of ether oxygens (including phenoxy) is 2. The van der Waals surface area contributed by atoms with Crippen molar-refractivity contribution in [3.8, 4) is 0 Å². The summed E-state index contributed by atoms with van der Waals surface area (Å²) in [6.07, 6.45) is 46.1. The standard InChI is InChI=1S/C46H81O10P/c1-3-5-7-9-11-13-15-17-19-20-21-22-24-26-28-30-32-34-36-38-46(50)56-44(42-55-57(51,52)54-40-43(48)39-47)41-53-45(49)37-35-33-31-29-27-25-23-18-16-14-12-10-8-6-4-2/h11,13,17,19,21-22,25-28,43-44,47-48H,3-10,12,14-16,18,20,23-24,29-42H2,1-2H3,(H,51,52)/b13-11+,19-17+,22-21+,27-25+,28-26+/t43-,44+/m0/s1. The van der Waals surface area contributed by atoms with Crippen molar-refractivity contribution >= 4 is 19.8 Å². The summed E-state index contributed by atoms with van der Waals surface area (Å²) in [4.78, 5) is 35.0. The first kappa shape index (κ1) is 54.7. The molecule has 3 N–H and O–H groups in total. The molecule has 0 aromatic heterocycles. The Morgan fingerprint density at radius 2 is 0.912 bits per heavy atom. The minimum atomic E-state index is -4.63. The minimum Gasteiger partial charge on any atom is -0.462 e. The van der Waals surface area contributed by atoms with Crippen molar-refractivity contribution in [2.45, 2.75) is 193 Å².